The Morgan fingerprint density at radius 3 is 1.93 bits per heavy atom. The average Bonchev–Trinajstić information content (AvgIpc) is 2.26. The van der Waals surface area contributed by atoms with Crippen LogP contribution < -0.4 is 5.73 Å². The van der Waals surface area contributed by atoms with Crippen LogP contribution in [0.3, 0.4) is 0 Å². The number of fused-ring (bicyclic) bond motifs is 2. The molecule has 0 aliphatic heterocycles. The molecule has 1 heteroatoms. The standard InChI is InChI=1S/C14H25N/c15-14-6-5-12-7-10-3-1-2-4-11(10)8-13(12)9-14/h10-14H,1-9,15H2. The Bertz CT molecular complexity index is 225. The van der Waals surface area contributed by atoms with Crippen molar-refractivity contribution in [2.24, 2.45) is 29.4 Å². The first-order valence-corrected chi connectivity index (χ1v) is 7.08. The van der Waals surface area contributed by atoms with Gasteiger partial charge in [0.1, 0.15) is 0 Å². The lowest BCUT2D eigenvalue weighted by Gasteiger charge is -2.47. The molecule has 3 fully saturated rings. The van der Waals surface area contributed by atoms with E-state index in [1.54, 1.807) is 12.8 Å². The maximum Gasteiger partial charge on any atom is 0.00416 e. The first kappa shape index (κ1) is 10.1. The van der Waals surface area contributed by atoms with Gasteiger partial charge in [0.05, 0.1) is 0 Å². The van der Waals surface area contributed by atoms with Crippen molar-refractivity contribution < 1.29 is 0 Å². The highest BCUT2D eigenvalue weighted by atomic mass is 14.6. The first-order chi connectivity index (χ1) is 7.33. The Labute approximate surface area is 93.8 Å². The molecule has 0 spiro atoms. The van der Waals surface area contributed by atoms with Crippen molar-refractivity contribution in [1.82, 2.24) is 0 Å². The molecule has 86 valence electrons. The van der Waals surface area contributed by atoms with E-state index in [0.717, 1.165) is 23.7 Å². The van der Waals surface area contributed by atoms with Crippen LogP contribution in [0.15, 0.2) is 0 Å². The van der Waals surface area contributed by atoms with Crippen LogP contribution in [0.25, 0.3) is 0 Å². The number of nitrogens with two attached hydrogens (primary N) is 1. The second kappa shape index (κ2) is 4.08. The van der Waals surface area contributed by atoms with E-state index in [4.69, 9.17) is 5.73 Å². The molecular weight excluding hydrogens is 182 g/mol. The third-order valence-corrected chi connectivity index (χ3v) is 5.46. The summed E-state index contributed by atoms with van der Waals surface area (Å²) in [5.74, 6) is 4.26. The zero-order valence-corrected chi connectivity index (χ0v) is 9.83. The lowest BCUT2D eigenvalue weighted by molar-refractivity contribution is 0.0465. The lowest BCUT2D eigenvalue weighted by atomic mass is 9.59. The van der Waals surface area contributed by atoms with E-state index in [2.05, 4.69) is 0 Å². The van der Waals surface area contributed by atoms with Gasteiger partial charge in [0.2, 0.25) is 0 Å². The summed E-state index contributed by atoms with van der Waals surface area (Å²) in [7, 11) is 0. The number of hydrogen-bond donors (Lipinski definition) is 1. The summed E-state index contributed by atoms with van der Waals surface area (Å²) in [5, 5.41) is 0. The molecule has 1 nitrogen and oxygen atoms in total. The highest BCUT2D eigenvalue weighted by Crippen LogP contribution is 2.49. The van der Waals surface area contributed by atoms with Crippen molar-refractivity contribution in [1.29, 1.82) is 0 Å². The monoisotopic (exact) mass is 207 g/mol. The summed E-state index contributed by atoms with van der Waals surface area (Å²) < 4.78 is 0. The quantitative estimate of drug-likeness (QED) is 0.648. The molecule has 0 aromatic heterocycles. The Morgan fingerprint density at radius 1 is 0.600 bits per heavy atom. The summed E-state index contributed by atoms with van der Waals surface area (Å²) in [6.45, 7) is 0. The van der Waals surface area contributed by atoms with Crippen LogP contribution >= 0.6 is 0 Å². The molecular formula is C14H25N. The molecule has 0 aromatic rings. The topological polar surface area (TPSA) is 26.0 Å². The summed E-state index contributed by atoms with van der Waals surface area (Å²) >= 11 is 0. The second-order valence-electron chi connectivity index (χ2n) is 6.37. The van der Waals surface area contributed by atoms with Gasteiger partial charge >= 0.3 is 0 Å². The minimum atomic E-state index is 0.534. The predicted octanol–water partition coefficient (Wildman–Crippen LogP) is 3.33. The fourth-order valence-corrected chi connectivity index (χ4v) is 4.64. The Balaban J connectivity index is 1.67. The van der Waals surface area contributed by atoms with Crippen molar-refractivity contribution >= 4 is 0 Å². The van der Waals surface area contributed by atoms with E-state index in [9.17, 15) is 0 Å². The molecule has 0 aromatic carbocycles. The van der Waals surface area contributed by atoms with Crippen LogP contribution in [0, 0.1) is 23.7 Å². The molecule has 3 aliphatic carbocycles. The van der Waals surface area contributed by atoms with Gasteiger partial charge in [-0.3, -0.25) is 0 Å². The molecule has 2 N–H and O–H groups in total. The molecule has 3 saturated carbocycles. The van der Waals surface area contributed by atoms with E-state index in [1.807, 2.05) is 0 Å². The lowest BCUT2D eigenvalue weighted by Crippen LogP contribution is -2.40. The van der Waals surface area contributed by atoms with Gasteiger partial charge < -0.3 is 5.73 Å². The SMILES string of the molecule is NC1CCC2CC3CCCCC3CC2C1. The van der Waals surface area contributed by atoms with Crippen LogP contribution in [0.5, 0.6) is 0 Å². The van der Waals surface area contributed by atoms with Crippen molar-refractivity contribution in [3.63, 3.8) is 0 Å². The van der Waals surface area contributed by atoms with Crippen LogP contribution in [-0.4, -0.2) is 6.04 Å². The van der Waals surface area contributed by atoms with Gasteiger partial charge in [0.25, 0.3) is 0 Å². The Hall–Kier alpha value is -0.0400. The molecule has 0 heterocycles. The average molecular weight is 207 g/mol. The van der Waals surface area contributed by atoms with E-state index >= 15 is 0 Å². The molecule has 5 unspecified atom stereocenters. The maximum absolute atomic E-state index is 6.11. The first-order valence-electron chi connectivity index (χ1n) is 7.08. The van der Waals surface area contributed by atoms with Gasteiger partial charge in [-0.1, -0.05) is 25.7 Å². The molecule has 3 rings (SSSR count). The molecule has 5 atom stereocenters. The number of rotatable bonds is 0. The van der Waals surface area contributed by atoms with E-state index < -0.39 is 0 Å². The number of hydrogen-bond acceptors (Lipinski definition) is 1. The van der Waals surface area contributed by atoms with Crippen molar-refractivity contribution in [2.75, 3.05) is 0 Å². The van der Waals surface area contributed by atoms with Crippen LogP contribution in [0.1, 0.15) is 57.8 Å². The largest absolute Gasteiger partial charge is 0.328 e. The third kappa shape index (κ3) is 1.95. The second-order valence-corrected chi connectivity index (χ2v) is 6.37. The third-order valence-electron chi connectivity index (χ3n) is 5.46. The fraction of sp³-hybridized carbons (Fsp3) is 1.00. The summed E-state index contributed by atoms with van der Waals surface area (Å²) in [6.07, 6.45) is 13.3. The van der Waals surface area contributed by atoms with Crippen LogP contribution in [0.4, 0.5) is 0 Å². The van der Waals surface area contributed by atoms with Gasteiger partial charge in [-0.05, 0) is 55.8 Å². The molecule has 3 aliphatic rings. The Kier molecular flexibility index (Phi) is 2.76. The summed E-state index contributed by atoms with van der Waals surface area (Å²) in [6, 6.07) is 0.534. The molecule has 0 bridgehead atoms. The molecule has 15 heavy (non-hydrogen) atoms. The van der Waals surface area contributed by atoms with Gasteiger partial charge in [0, 0.05) is 6.04 Å². The molecule has 0 amide bonds. The van der Waals surface area contributed by atoms with E-state index in [-0.39, 0.29) is 0 Å². The normalized spacial score (nSPS) is 50.6. The van der Waals surface area contributed by atoms with Gasteiger partial charge in [-0.2, -0.15) is 0 Å². The van der Waals surface area contributed by atoms with Gasteiger partial charge in [0.15, 0.2) is 0 Å². The summed E-state index contributed by atoms with van der Waals surface area (Å²) in [5.41, 5.74) is 6.11. The fourth-order valence-electron chi connectivity index (χ4n) is 4.64. The summed E-state index contributed by atoms with van der Waals surface area (Å²) in [4.78, 5) is 0. The molecule has 0 saturated heterocycles. The highest BCUT2D eigenvalue weighted by molar-refractivity contribution is 4.92. The smallest absolute Gasteiger partial charge is 0.00416 e. The van der Waals surface area contributed by atoms with Crippen molar-refractivity contribution in [2.45, 2.75) is 63.8 Å². The molecule has 0 radical (unpaired) electrons. The van der Waals surface area contributed by atoms with Gasteiger partial charge in [-0.15, -0.1) is 0 Å². The van der Waals surface area contributed by atoms with Crippen molar-refractivity contribution in [3.8, 4) is 0 Å². The van der Waals surface area contributed by atoms with Gasteiger partial charge in [-0.25, -0.2) is 0 Å². The highest BCUT2D eigenvalue weighted by Gasteiger charge is 2.40. The Morgan fingerprint density at radius 2 is 1.20 bits per heavy atom. The van der Waals surface area contributed by atoms with Crippen molar-refractivity contribution in [3.05, 3.63) is 0 Å². The zero-order chi connectivity index (χ0) is 10.3. The zero-order valence-electron chi connectivity index (χ0n) is 9.83. The predicted molar refractivity (Wildman–Crippen MR) is 63.5 cm³/mol. The minimum absolute atomic E-state index is 0.534. The minimum Gasteiger partial charge on any atom is -0.328 e. The van der Waals surface area contributed by atoms with Crippen LogP contribution in [0.2, 0.25) is 0 Å². The maximum atomic E-state index is 6.11. The van der Waals surface area contributed by atoms with Crippen LogP contribution in [-0.2, 0) is 0 Å². The van der Waals surface area contributed by atoms with E-state index in [0.29, 0.717) is 6.04 Å². The van der Waals surface area contributed by atoms with E-state index in [1.165, 1.54) is 44.9 Å².